The summed E-state index contributed by atoms with van der Waals surface area (Å²) in [6.07, 6.45) is 3.72. The summed E-state index contributed by atoms with van der Waals surface area (Å²) in [5.74, 6) is 0. The maximum Gasteiger partial charge on any atom is 0.262 e. The molecule has 0 aliphatic rings. The molecule has 2 aromatic rings. The Kier molecular flexibility index (Phi) is 3.94. The SMILES string of the molecule is CCc1ccc(N)cc1S(=O)(=O)Nc1cnccc1C. The van der Waals surface area contributed by atoms with Crippen LogP contribution >= 0.6 is 0 Å². The molecule has 106 valence electrons. The van der Waals surface area contributed by atoms with E-state index in [2.05, 4.69) is 9.71 Å². The van der Waals surface area contributed by atoms with E-state index in [9.17, 15) is 8.42 Å². The number of pyridine rings is 1. The summed E-state index contributed by atoms with van der Waals surface area (Å²) < 4.78 is 27.5. The van der Waals surface area contributed by atoms with Crippen molar-refractivity contribution in [3.05, 3.63) is 47.8 Å². The molecule has 0 spiro atoms. The molecule has 0 bridgehead atoms. The first kappa shape index (κ1) is 14.3. The first-order valence-corrected chi connectivity index (χ1v) is 7.74. The van der Waals surface area contributed by atoms with Gasteiger partial charge in [0.05, 0.1) is 16.8 Å². The van der Waals surface area contributed by atoms with Crippen molar-refractivity contribution in [1.82, 2.24) is 4.98 Å². The first-order valence-electron chi connectivity index (χ1n) is 6.26. The summed E-state index contributed by atoms with van der Waals surface area (Å²) in [6, 6.07) is 6.66. The van der Waals surface area contributed by atoms with Crippen LogP contribution in [0.4, 0.5) is 11.4 Å². The van der Waals surface area contributed by atoms with Crippen LogP contribution in [0.1, 0.15) is 18.1 Å². The molecule has 1 heterocycles. The van der Waals surface area contributed by atoms with Crippen molar-refractivity contribution in [2.24, 2.45) is 0 Å². The van der Waals surface area contributed by atoms with E-state index in [0.717, 1.165) is 11.1 Å². The minimum atomic E-state index is -3.67. The highest BCUT2D eigenvalue weighted by atomic mass is 32.2. The molecule has 0 amide bonds. The molecule has 0 atom stereocenters. The number of sulfonamides is 1. The van der Waals surface area contributed by atoms with Gasteiger partial charge in [0.2, 0.25) is 0 Å². The molecule has 0 saturated carbocycles. The lowest BCUT2D eigenvalue weighted by Gasteiger charge is -2.13. The van der Waals surface area contributed by atoms with Crippen molar-refractivity contribution in [1.29, 1.82) is 0 Å². The fraction of sp³-hybridized carbons (Fsp3) is 0.214. The summed E-state index contributed by atoms with van der Waals surface area (Å²) in [4.78, 5) is 4.14. The predicted octanol–water partition coefficient (Wildman–Crippen LogP) is 2.34. The number of anilines is 2. The number of nitrogens with one attached hydrogen (secondary N) is 1. The van der Waals surface area contributed by atoms with Crippen molar-refractivity contribution in [3.8, 4) is 0 Å². The highest BCUT2D eigenvalue weighted by molar-refractivity contribution is 7.92. The van der Waals surface area contributed by atoms with Gasteiger partial charge in [-0.05, 0) is 42.7 Å². The van der Waals surface area contributed by atoms with E-state index in [4.69, 9.17) is 5.73 Å². The predicted molar refractivity (Wildman–Crippen MR) is 80.0 cm³/mol. The van der Waals surface area contributed by atoms with Gasteiger partial charge in [0.1, 0.15) is 0 Å². The van der Waals surface area contributed by atoms with E-state index < -0.39 is 10.0 Å². The number of aryl methyl sites for hydroxylation is 2. The largest absolute Gasteiger partial charge is 0.399 e. The third kappa shape index (κ3) is 2.91. The summed E-state index contributed by atoms with van der Waals surface area (Å²) in [6.45, 7) is 3.72. The zero-order chi connectivity index (χ0) is 14.8. The first-order chi connectivity index (χ1) is 9.44. The van der Waals surface area contributed by atoms with Gasteiger partial charge in [-0.25, -0.2) is 8.42 Å². The Hall–Kier alpha value is -2.08. The third-order valence-electron chi connectivity index (χ3n) is 3.05. The zero-order valence-corrected chi connectivity index (χ0v) is 12.2. The van der Waals surface area contributed by atoms with Crippen LogP contribution < -0.4 is 10.5 Å². The normalized spacial score (nSPS) is 11.3. The lowest BCUT2D eigenvalue weighted by molar-refractivity contribution is 0.600. The van der Waals surface area contributed by atoms with Crippen molar-refractivity contribution >= 4 is 21.4 Å². The Labute approximate surface area is 118 Å². The second-order valence-electron chi connectivity index (χ2n) is 4.52. The van der Waals surface area contributed by atoms with E-state index in [0.29, 0.717) is 17.8 Å². The van der Waals surface area contributed by atoms with Gasteiger partial charge in [-0.2, -0.15) is 0 Å². The summed E-state index contributed by atoms with van der Waals surface area (Å²) in [7, 11) is -3.67. The van der Waals surface area contributed by atoms with Crippen LogP contribution in [-0.2, 0) is 16.4 Å². The topological polar surface area (TPSA) is 85.1 Å². The molecule has 20 heavy (non-hydrogen) atoms. The molecule has 5 nitrogen and oxygen atoms in total. The van der Waals surface area contributed by atoms with Crippen LogP contribution in [0.3, 0.4) is 0 Å². The maximum atomic E-state index is 12.5. The number of hydrogen-bond acceptors (Lipinski definition) is 4. The Morgan fingerprint density at radius 3 is 2.70 bits per heavy atom. The van der Waals surface area contributed by atoms with Gasteiger partial charge in [-0.3, -0.25) is 9.71 Å². The Balaban J connectivity index is 2.46. The van der Waals surface area contributed by atoms with Crippen LogP contribution in [0.2, 0.25) is 0 Å². The van der Waals surface area contributed by atoms with Crippen molar-refractivity contribution < 1.29 is 8.42 Å². The second kappa shape index (κ2) is 5.50. The van der Waals surface area contributed by atoms with Crippen LogP contribution in [0.5, 0.6) is 0 Å². The number of aromatic nitrogens is 1. The molecule has 0 saturated heterocycles. The molecule has 0 fully saturated rings. The van der Waals surface area contributed by atoms with Crippen LogP contribution in [0.25, 0.3) is 0 Å². The van der Waals surface area contributed by atoms with E-state index >= 15 is 0 Å². The molecule has 0 unspecified atom stereocenters. The highest BCUT2D eigenvalue weighted by Gasteiger charge is 2.19. The van der Waals surface area contributed by atoms with E-state index in [1.165, 1.54) is 12.3 Å². The summed E-state index contributed by atoms with van der Waals surface area (Å²) >= 11 is 0. The van der Waals surface area contributed by atoms with Gasteiger partial charge in [0.25, 0.3) is 10.0 Å². The average Bonchev–Trinajstić information content (AvgIpc) is 2.41. The van der Waals surface area contributed by atoms with Crippen molar-refractivity contribution in [2.45, 2.75) is 25.2 Å². The lowest BCUT2D eigenvalue weighted by atomic mass is 10.1. The number of nitrogens with zero attached hydrogens (tertiary/aromatic N) is 1. The zero-order valence-electron chi connectivity index (χ0n) is 11.4. The van der Waals surface area contributed by atoms with Gasteiger partial charge >= 0.3 is 0 Å². The fourth-order valence-electron chi connectivity index (χ4n) is 1.88. The van der Waals surface area contributed by atoms with Crippen molar-refractivity contribution in [3.63, 3.8) is 0 Å². The third-order valence-corrected chi connectivity index (χ3v) is 4.49. The Morgan fingerprint density at radius 1 is 1.30 bits per heavy atom. The smallest absolute Gasteiger partial charge is 0.262 e. The maximum absolute atomic E-state index is 12.5. The standard InChI is InChI=1S/C14H17N3O2S/c1-3-11-4-5-12(15)8-14(11)20(18,19)17-13-9-16-7-6-10(13)2/h4-9,17H,3,15H2,1-2H3. The molecule has 6 heteroatoms. The van der Waals surface area contributed by atoms with E-state index in [-0.39, 0.29) is 4.90 Å². The van der Waals surface area contributed by atoms with Gasteiger partial charge in [-0.1, -0.05) is 13.0 Å². The molecule has 0 aliphatic heterocycles. The molecule has 1 aromatic carbocycles. The highest BCUT2D eigenvalue weighted by Crippen LogP contribution is 2.23. The molecule has 0 aliphatic carbocycles. The van der Waals surface area contributed by atoms with Crippen LogP contribution in [-0.4, -0.2) is 13.4 Å². The monoisotopic (exact) mass is 291 g/mol. The van der Waals surface area contributed by atoms with Crippen LogP contribution in [0.15, 0.2) is 41.6 Å². The van der Waals surface area contributed by atoms with Gasteiger partial charge < -0.3 is 5.73 Å². The molecular weight excluding hydrogens is 274 g/mol. The van der Waals surface area contributed by atoms with Gasteiger partial charge in [0.15, 0.2) is 0 Å². The van der Waals surface area contributed by atoms with Gasteiger partial charge in [0, 0.05) is 11.9 Å². The summed E-state index contributed by atoms with van der Waals surface area (Å²) in [5.41, 5.74) is 8.13. The number of rotatable bonds is 4. The van der Waals surface area contributed by atoms with E-state index in [1.807, 2.05) is 13.8 Å². The molecular formula is C14H17N3O2S. The average molecular weight is 291 g/mol. The number of nitrogen functional groups attached to an aromatic ring is 1. The van der Waals surface area contributed by atoms with E-state index in [1.54, 1.807) is 24.4 Å². The molecule has 2 rings (SSSR count). The molecule has 0 radical (unpaired) electrons. The fourth-order valence-corrected chi connectivity index (χ4v) is 3.35. The Bertz CT molecular complexity index is 727. The number of benzene rings is 1. The number of nitrogens with two attached hydrogens (primary N) is 1. The molecule has 1 aromatic heterocycles. The van der Waals surface area contributed by atoms with Crippen LogP contribution in [0, 0.1) is 6.92 Å². The minimum absolute atomic E-state index is 0.211. The minimum Gasteiger partial charge on any atom is -0.399 e. The quantitative estimate of drug-likeness (QED) is 0.847. The second-order valence-corrected chi connectivity index (χ2v) is 6.17. The Morgan fingerprint density at radius 2 is 2.05 bits per heavy atom. The number of hydrogen-bond donors (Lipinski definition) is 2. The van der Waals surface area contributed by atoms with Crippen molar-refractivity contribution in [2.75, 3.05) is 10.5 Å². The summed E-state index contributed by atoms with van der Waals surface area (Å²) in [5, 5.41) is 0. The lowest BCUT2D eigenvalue weighted by Crippen LogP contribution is -2.16. The van der Waals surface area contributed by atoms with Gasteiger partial charge in [-0.15, -0.1) is 0 Å². The molecule has 3 N–H and O–H groups in total.